The van der Waals surface area contributed by atoms with E-state index in [2.05, 4.69) is 55.4 Å². The van der Waals surface area contributed by atoms with Gasteiger partial charge in [0.15, 0.2) is 0 Å². The third kappa shape index (κ3) is 2.15. The number of hydrogen-bond acceptors (Lipinski definition) is 2. The molecule has 0 atom stereocenters. The molecule has 0 amide bonds. The van der Waals surface area contributed by atoms with Gasteiger partial charge in [-0.3, -0.25) is 4.98 Å². The number of thioether (sulfide) groups is 1. The summed E-state index contributed by atoms with van der Waals surface area (Å²) < 4.78 is 0. The van der Waals surface area contributed by atoms with Crippen LogP contribution < -0.4 is 0 Å². The summed E-state index contributed by atoms with van der Waals surface area (Å²) in [6.07, 6.45) is 2.09. The number of nitrogens with zero attached hydrogens (tertiary/aromatic N) is 1. The van der Waals surface area contributed by atoms with Crippen LogP contribution in [-0.2, 0) is 0 Å². The van der Waals surface area contributed by atoms with Crippen LogP contribution in [0.2, 0.25) is 0 Å². The molecular formula is C13H15NS. The largest absolute Gasteiger partial charge is 0.253 e. The highest BCUT2D eigenvalue weighted by atomic mass is 32.2. The van der Waals surface area contributed by atoms with Crippen LogP contribution in [0.5, 0.6) is 0 Å². The number of benzene rings is 1. The van der Waals surface area contributed by atoms with E-state index >= 15 is 0 Å². The molecule has 78 valence electrons. The fraction of sp³-hybridized carbons (Fsp3) is 0.308. The Morgan fingerprint density at radius 1 is 1.13 bits per heavy atom. The normalized spacial score (nSPS) is 11.2. The lowest BCUT2D eigenvalue weighted by atomic mass is 10.1. The second kappa shape index (κ2) is 4.23. The molecule has 0 aliphatic heterocycles. The Morgan fingerprint density at radius 2 is 1.93 bits per heavy atom. The monoisotopic (exact) mass is 217 g/mol. The van der Waals surface area contributed by atoms with Crippen molar-refractivity contribution in [2.45, 2.75) is 24.7 Å². The summed E-state index contributed by atoms with van der Waals surface area (Å²) in [5, 5.41) is 1.23. The highest BCUT2D eigenvalue weighted by Crippen LogP contribution is 2.22. The summed E-state index contributed by atoms with van der Waals surface area (Å²) in [6, 6.07) is 10.7. The second-order valence-corrected chi connectivity index (χ2v) is 4.83. The molecule has 0 aliphatic rings. The Kier molecular flexibility index (Phi) is 2.96. The Morgan fingerprint density at radius 3 is 2.60 bits per heavy atom. The van der Waals surface area contributed by atoms with Crippen LogP contribution in [0.3, 0.4) is 0 Å². The number of rotatable bonds is 2. The topological polar surface area (TPSA) is 12.9 Å². The molecule has 0 bridgehead atoms. The van der Waals surface area contributed by atoms with Gasteiger partial charge in [0.2, 0.25) is 0 Å². The molecule has 1 nitrogen and oxygen atoms in total. The fourth-order valence-electron chi connectivity index (χ4n) is 1.57. The van der Waals surface area contributed by atoms with Gasteiger partial charge in [-0.15, -0.1) is 11.8 Å². The number of aromatic nitrogens is 1. The average Bonchev–Trinajstić information content (AvgIpc) is 2.27. The van der Waals surface area contributed by atoms with Crippen molar-refractivity contribution in [2.75, 3.05) is 6.26 Å². The van der Waals surface area contributed by atoms with Crippen LogP contribution in [0, 0.1) is 0 Å². The molecule has 2 heteroatoms. The van der Waals surface area contributed by atoms with Crippen molar-refractivity contribution in [3.8, 4) is 0 Å². The van der Waals surface area contributed by atoms with Crippen molar-refractivity contribution in [1.82, 2.24) is 4.98 Å². The van der Waals surface area contributed by atoms with E-state index in [1.807, 2.05) is 0 Å². The van der Waals surface area contributed by atoms with Gasteiger partial charge in [-0.1, -0.05) is 19.9 Å². The first-order valence-electron chi connectivity index (χ1n) is 5.15. The van der Waals surface area contributed by atoms with Crippen LogP contribution in [-0.4, -0.2) is 11.2 Å². The molecule has 0 unspecified atom stereocenters. The van der Waals surface area contributed by atoms with Crippen LogP contribution in [0.25, 0.3) is 10.9 Å². The maximum absolute atomic E-state index is 4.64. The van der Waals surface area contributed by atoms with Crippen LogP contribution in [0.1, 0.15) is 25.5 Å². The first-order chi connectivity index (χ1) is 7.20. The molecule has 0 aliphatic carbocycles. The van der Waals surface area contributed by atoms with Crippen molar-refractivity contribution in [3.05, 3.63) is 36.0 Å². The maximum atomic E-state index is 4.64. The van der Waals surface area contributed by atoms with Gasteiger partial charge in [0, 0.05) is 16.0 Å². The van der Waals surface area contributed by atoms with E-state index in [4.69, 9.17) is 0 Å². The summed E-state index contributed by atoms with van der Waals surface area (Å²) in [7, 11) is 0. The first kappa shape index (κ1) is 10.5. The molecule has 1 aromatic carbocycles. The van der Waals surface area contributed by atoms with Gasteiger partial charge in [0.05, 0.1) is 5.52 Å². The minimum atomic E-state index is 0.495. The van der Waals surface area contributed by atoms with Gasteiger partial charge in [-0.25, -0.2) is 0 Å². The lowest BCUT2D eigenvalue weighted by Crippen LogP contribution is -1.92. The van der Waals surface area contributed by atoms with Gasteiger partial charge in [0.1, 0.15) is 0 Å². The van der Waals surface area contributed by atoms with E-state index in [1.54, 1.807) is 11.8 Å². The minimum Gasteiger partial charge on any atom is -0.253 e. The van der Waals surface area contributed by atoms with E-state index in [9.17, 15) is 0 Å². The number of pyridine rings is 1. The lowest BCUT2D eigenvalue weighted by Gasteiger charge is -2.06. The van der Waals surface area contributed by atoms with E-state index in [0.717, 1.165) is 5.52 Å². The Labute approximate surface area is 94.9 Å². The third-order valence-corrected chi connectivity index (χ3v) is 3.23. The van der Waals surface area contributed by atoms with Crippen LogP contribution in [0.15, 0.2) is 35.2 Å². The average molecular weight is 217 g/mol. The van der Waals surface area contributed by atoms with Crippen molar-refractivity contribution >= 4 is 22.7 Å². The third-order valence-electron chi connectivity index (χ3n) is 2.51. The highest BCUT2D eigenvalue weighted by molar-refractivity contribution is 7.98. The Hall–Kier alpha value is -1.02. The van der Waals surface area contributed by atoms with Crippen molar-refractivity contribution < 1.29 is 0 Å². The molecule has 0 fully saturated rings. The molecule has 0 radical (unpaired) electrons. The van der Waals surface area contributed by atoms with Crippen LogP contribution in [0.4, 0.5) is 0 Å². The quantitative estimate of drug-likeness (QED) is 0.703. The molecule has 0 saturated carbocycles. The predicted molar refractivity (Wildman–Crippen MR) is 67.6 cm³/mol. The molecule has 15 heavy (non-hydrogen) atoms. The molecule has 1 heterocycles. The zero-order valence-corrected chi connectivity index (χ0v) is 10.1. The smallest absolute Gasteiger partial charge is 0.0706 e. The van der Waals surface area contributed by atoms with Gasteiger partial charge in [-0.2, -0.15) is 0 Å². The summed E-state index contributed by atoms with van der Waals surface area (Å²) in [5.74, 6) is 0.495. The minimum absolute atomic E-state index is 0.495. The molecular weight excluding hydrogens is 202 g/mol. The van der Waals surface area contributed by atoms with Gasteiger partial charge in [0.25, 0.3) is 0 Å². The van der Waals surface area contributed by atoms with Crippen molar-refractivity contribution in [1.29, 1.82) is 0 Å². The zero-order valence-electron chi connectivity index (χ0n) is 9.32. The predicted octanol–water partition coefficient (Wildman–Crippen LogP) is 4.08. The molecule has 1 aromatic heterocycles. The summed E-state index contributed by atoms with van der Waals surface area (Å²) in [4.78, 5) is 5.93. The molecule has 0 N–H and O–H groups in total. The van der Waals surface area contributed by atoms with Gasteiger partial charge < -0.3 is 0 Å². The molecule has 2 aromatic rings. The van der Waals surface area contributed by atoms with Gasteiger partial charge in [-0.05, 0) is 36.4 Å². The Balaban J connectivity index is 2.55. The van der Waals surface area contributed by atoms with E-state index in [0.29, 0.717) is 5.92 Å². The molecule has 2 rings (SSSR count). The van der Waals surface area contributed by atoms with Gasteiger partial charge >= 0.3 is 0 Å². The van der Waals surface area contributed by atoms with E-state index in [-0.39, 0.29) is 0 Å². The molecule has 0 spiro atoms. The van der Waals surface area contributed by atoms with E-state index < -0.39 is 0 Å². The number of fused-ring (bicyclic) bond motifs is 1. The standard InChI is InChI=1S/C13H15NS/c1-9(2)12-6-4-10-8-11(15-3)5-7-13(10)14-12/h4-9H,1-3H3. The maximum Gasteiger partial charge on any atom is 0.0706 e. The summed E-state index contributed by atoms with van der Waals surface area (Å²) in [6.45, 7) is 4.34. The van der Waals surface area contributed by atoms with E-state index in [1.165, 1.54) is 16.0 Å². The lowest BCUT2D eigenvalue weighted by molar-refractivity contribution is 0.830. The SMILES string of the molecule is CSc1ccc2nc(C(C)C)ccc2c1. The Bertz CT molecular complexity index is 477. The fourth-order valence-corrected chi connectivity index (χ4v) is 2.02. The summed E-state index contributed by atoms with van der Waals surface area (Å²) in [5.41, 5.74) is 2.26. The number of hydrogen-bond donors (Lipinski definition) is 0. The van der Waals surface area contributed by atoms with Crippen molar-refractivity contribution in [3.63, 3.8) is 0 Å². The van der Waals surface area contributed by atoms with Crippen LogP contribution >= 0.6 is 11.8 Å². The summed E-state index contributed by atoms with van der Waals surface area (Å²) >= 11 is 1.77. The zero-order chi connectivity index (χ0) is 10.8. The van der Waals surface area contributed by atoms with Crippen molar-refractivity contribution in [2.24, 2.45) is 0 Å². The molecule has 0 saturated heterocycles. The first-order valence-corrected chi connectivity index (χ1v) is 6.38. The highest BCUT2D eigenvalue weighted by Gasteiger charge is 2.02. The second-order valence-electron chi connectivity index (χ2n) is 3.95.